The second-order valence-corrected chi connectivity index (χ2v) is 5.27. The topological polar surface area (TPSA) is 24.9 Å². The van der Waals surface area contributed by atoms with Gasteiger partial charge in [0.2, 0.25) is 0 Å². The molecule has 0 fully saturated rings. The van der Waals surface area contributed by atoms with Crippen molar-refractivity contribution in [3.05, 3.63) is 54.1 Å². The number of benzene rings is 1. The Bertz CT molecular complexity index is 561. The summed E-state index contributed by atoms with van der Waals surface area (Å²) >= 11 is 0.504. The zero-order valence-electron chi connectivity index (χ0n) is 10.7. The molecule has 1 atom stereocenters. The second kappa shape index (κ2) is 6.65. The molecule has 0 saturated carbocycles. The lowest BCUT2D eigenvalue weighted by Crippen LogP contribution is -2.07. The van der Waals surface area contributed by atoms with Crippen LogP contribution >= 0.6 is 11.8 Å². The summed E-state index contributed by atoms with van der Waals surface area (Å²) in [5.74, 6) is -2.81. The van der Waals surface area contributed by atoms with Crippen LogP contribution in [0, 0.1) is 5.82 Å². The standard InChI is InChI=1S/C14H13F3N2S/c1-9(10-6-11(15)8-18-7-10)19-12-2-4-13(5-3-12)20-14(16)17/h2-9,14,19H,1H3. The fourth-order valence-electron chi connectivity index (χ4n) is 1.73. The van der Waals surface area contributed by atoms with E-state index in [0.29, 0.717) is 16.7 Å². The third kappa shape index (κ3) is 4.16. The molecule has 6 heteroatoms. The van der Waals surface area contributed by atoms with Gasteiger partial charge in [0, 0.05) is 16.8 Å². The van der Waals surface area contributed by atoms with Crippen LogP contribution in [0.15, 0.2) is 47.6 Å². The van der Waals surface area contributed by atoms with Gasteiger partial charge in [-0.15, -0.1) is 0 Å². The number of rotatable bonds is 5. The Labute approximate surface area is 119 Å². The van der Waals surface area contributed by atoms with Gasteiger partial charge < -0.3 is 5.32 Å². The molecule has 20 heavy (non-hydrogen) atoms. The highest BCUT2D eigenvalue weighted by molar-refractivity contribution is 7.99. The van der Waals surface area contributed by atoms with Crippen molar-refractivity contribution in [2.45, 2.75) is 23.6 Å². The number of halogens is 3. The maximum absolute atomic E-state index is 13.1. The minimum Gasteiger partial charge on any atom is -0.378 e. The predicted molar refractivity (Wildman–Crippen MR) is 74.5 cm³/mol. The van der Waals surface area contributed by atoms with Gasteiger partial charge in [0.15, 0.2) is 0 Å². The average Bonchev–Trinajstić information content (AvgIpc) is 2.40. The van der Waals surface area contributed by atoms with Crippen LogP contribution in [0.2, 0.25) is 0 Å². The number of hydrogen-bond donors (Lipinski definition) is 1. The normalized spacial score (nSPS) is 12.4. The molecule has 106 valence electrons. The maximum atomic E-state index is 13.1. The summed E-state index contributed by atoms with van der Waals surface area (Å²) in [5, 5.41) is 3.16. The molecular formula is C14H13F3N2S. The van der Waals surface area contributed by atoms with Crippen molar-refractivity contribution >= 4 is 17.4 Å². The van der Waals surface area contributed by atoms with Gasteiger partial charge in [-0.05, 0) is 42.8 Å². The smallest absolute Gasteiger partial charge is 0.288 e. The summed E-state index contributed by atoms with van der Waals surface area (Å²) in [6, 6.07) is 7.95. The third-order valence-electron chi connectivity index (χ3n) is 2.69. The highest BCUT2D eigenvalue weighted by Gasteiger charge is 2.08. The second-order valence-electron chi connectivity index (χ2n) is 4.21. The first kappa shape index (κ1) is 14.7. The highest BCUT2D eigenvalue weighted by Crippen LogP contribution is 2.27. The Hall–Kier alpha value is -1.69. The van der Waals surface area contributed by atoms with Gasteiger partial charge >= 0.3 is 0 Å². The van der Waals surface area contributed by atoms with Crippen LogP contribution < -0.4 is 5.32 Å². The van der Waals surface area contributed by atoms with Crippen molar-refractivity contribution in [1.29, 1.82) is 0 Å². The molecule has 0 amide bonds. The third-order valence-corrected chi connectivity index (χ3v) is 3.41. The van der Waals surface area contributed by atoms with E-state index in [0.717, 1.165) is 17.4 Å². The lowest BCUT2D eigenvalue weighted by atomic mass is 10.1. The predicted octanol–water partition coefficient (Wildman–Crippen LogP) is 4.71. The first-order chi connectivity index (χ1) is 9.54. The van der Waals surface area contributed by atoms with Gasteiger partial charge in [0.05, 0.1) is 12.2 Å². The molecule has 1 aromatic carbocycles. The van der Waals surface area contributed by atoms with Gasteiger partial charge in [-0.3, -0.25) is 4.98 Å². The van der Waals surface area contributed by atoms with Crippen LogP contribution in [0.3, 0.4) is 0 Å². The zero-order valence-corrected chi connectivity index (χ0v) is 11.5. The largest absolute Gasteiger partial charge is 0.378 e. The van der Waals surface area contributed by atoms with Gasteiger partial charge in [-0.2, -0.15) is 8.78 Å². The van der Waals surface area contributed by atoms with E-state index in [2.05, 4.69) is 10.3 Å². The molecule has 1 N–H and O–H groups in total. The van der Waals surface area contributed by atoms with E-state index in [9.17, 15) is 13.2 Å². The van der Waals surface area contributed by atoms with E-state index in [4.69, 9.17) is 0 Å². The summed E-state index contributed by atoms with van der Waals surface area (Å²) in [6.07, 6.45) is 2.73. The molecular weight excluding hydrogens is 285 g/mol. The van der Waals surface area contributed by atoms with Gasteiger partial charge in [-0.25, -0.2) is 4.39 Å². The van der Waals surface area contributed by atoms with Gasteiger partial charge in [0.1, 0.15) is 5.82 Å². The molecule has 2 aromatic rings. The van der Waals surface area contributed by atoms with Crippen molar-refractivity contribution in [3.8, 4) is 0 Å². The number of aromatic nitrogens is 1. The van der Waals surface area contributed by atoms with E-state index in [-0.39, 0.29) is 11.9 Å². The summed E-state index contributed by atoms with van der Waals surface area (Å²) in [4.78, 5) is 4.30. The summed E-state index contributed by atoms with van der Waals surface area (Å²) in [7, 11) is 0. The summed E-state index contributed by atoms with van der Waals surface area (Å²) in [6.45, 7) is 1.87. The van der Waals surface area contributed by atoms with E-state index < -0.39 is 5.76 Å². The van der Waals surface area contributed by atoms with Crippen LogP contribution in [0.4, 0.5) is 18.9 Å². The Morgan fingerprint density at radius 3 is 2.45 bits per heavy atom. The number of alkyl halides is 2. The molecule has 0 aliphatic rings. The van der Waals surface area contributed by atoms with Crippen molar-refractivity contribution in [2.24, 2.45) is 0 Å². The number of nitrogens with zero attached hydrogens (tertiary/aromatic N) is 1. The first-order valence-electron chi connectivity index (χ1n) is 5.96. The number of anilines is 1. The highest BCUT2D eigenvalue weighted by atomic mass is 32.2. The van der Waals surface area contributed by atoms with Gasteiger partial charge in [0.25, 0.3) is 5.76 Å². The molecule has 0 saturated heterocycles. The van der Waals surface area contributed by atoms with Crippen molar-refractivity contribution in [1.82, 2.24) is 4.98 Å². The number of thioether (sulfide) groups is 1. The monoisotopic (exact) mass is 298 g/mol. The Kier molecular flexibility index (Phi) is 4.89. The van der Waals surface area contributed by atoms with Crippen molar-refractivity contribution in [2.75, 3.05) is 5.32 Å². The maximum Gasteiger partial charge on any atom is 0.288 e. The minimum absolute atomic E-state index is 0.133. The number of hydrogen-bond acceptors (Lipinski definition) is 3. The lowest BCUT2D eigenvalue weighted by molar-refractivity contribution is 0.252. The fraction of sp³-hybridized carbons (Fsp3) is 0.214. The average molecular weight is 298 g/mol. The van der Waals surface area contributed by atoms with Crippen molar-refractivity contribution < 1.29 is 13.2 Å². The quantitative estimate of drug-likeness (QED) is 0.809. The Morgan fingerprint density at radius 2 is 1.85 bits per heavy atom. The molecule has 0 aliphatic heterocycles. The SMILES string of the molecule is CC(Nc1ccc(SC(F)F)cc1)c1cncc(F)c1. The van der Waals surface area contributed by atoms with Crippen LogP contribution in [-0.4, -0.2) is 10.7 Å². The minimum atomic E-state index is -2.42. The molecule has 2 nitrogen and oxygen atoms in total. The Balaban J connectivity index is 2.02. The van der Waals surface area contributed by atoms with Crippen LogP contribution in [0.5, 0.6) is 0 Å². The van der Waals surface area contributed by atoms with Gasteiger partial charge in [-0.1, -0.05) is 11.8 Å². The molecule has 0 spiro atoms. The van der Waals surface area contributed by atoms with Crippen molar-refractivity contribution in [3.63, 3.8) is 0 Å². The van der Waals surface area contributed by atoms with Crippen LogP contribution in [0.25, 0.3) is 0 Å². The zero-order chi connectivity index (χ0) is 14.5. The molecule has 0 radical (unpaired) electrons. The number of pyridine rings is 1. The van der Waals surface area contributed by atoms with E-state index >= 15 is 0 Å². The van der Waals surface area contributed by atoms with E-state index in [1.807, 2.05) is 6.92 Å². The molecule has 0 aliphatic carbocycles. The van der Waals surface area contributed by atoms with Crippen LogP contribution in [-0.2, 0) is 0 Å². The molecule has 1 unspecified atom stereocenters. The lowest BCUT2D eigenvalue weighted by Gasteiger charge is -2.15. The van der Waals surface area contributed by atoms with Crippen LogP contribution in [0.1, 0.15) is 18.5 Å². The summed E-state index contributed by atoms with van der Waals surface area (Å²) in [5.41, 5.74) is 1.50. The first-order valence-corrected chi connectivity index (χ1v) is 6.84. The molecule has 2 rings (SSSR count). The summed E-state index contributed by atoms with van der Waals surface area (Å²) < 4.78 is 37.5. The Morgan fingerprint density at radius 1 is 1.15 bits per heavy atom. The fourth-order valence-corrected chi connectivity index (χ4v) is 2.23. The van der Waals surface area contributed by atoms with E-state index in [1.165, 1.54) is 6.07 Å². The number of nitrogens with one attached hydrogen (secondary N) is 1. The molecule has 1 heterocycles. The molecule has 0 bridgehead atoms. The van der Waals surface area contributed by atoms with E-state index in [1.54, 1.807) is 30.5 Å². The molecule has 1 aromatic heterocycles.